The van der Waals surface area contributed by atoms with Gasteiger partial charge in [0.2, 0.25) is 10.0 Å². The zero-order valence-electron chi connectivity index (χ0n) is 10.4. The van der Waals surface area contributed by atoms with Gasteiger partial charge in [-0.25, -0.2) is 17.5 Å². The molecule has 1 atom stereocenters. The van der Waals surface area contributed by atoms with E-state index in [1.165, 1.54) is 24.3 Å². The molecule has 7 heteroatoms. The summed E-state index contributed by atoms with van der Waals surface area (Å²) < 4.78 is 38.9. The molecule has 19 heavy (non-hydrogen) atoms. The van der Waals surface area contributed by atoms with E-state index in [1.54, 1.807) is 0 Å². The van der Waals surface area contributed by atoms with Gasteiger partial charge in [0.25, 0.3) is 0 Å². The molecular weight excluding hydrogens is 291 g/mol. The number of halogens is 2. The number of nitrogens with one attached hydrogen (secondary N) is 2. The lowest BCUT2D eigenvalue weighted by molar-refractivity contribution is 0.538. The number of hydrogen-bond acceptors (Lipinski definition) is 3. The van der Waals surface area contributed by atoms with Crippen LogP contribution >= 0.6 is 12.4 Å². The van der Waals surface area contributed by atoms with Crippen molar-refractivity contribution in [3.05, 3.63) is 35.6 Å². The predicted octanol–water partition coefficient (Wildman–Crippen LogP) is 1.28. The SMILES string of the molecule is Cl.O=S(=O)(Cc1ccc(F)cc1)NCC1CCNC1. The van der Waals surface area contributed by atoms with Gasteiger partial charge in [0.05, 0.1) is 5.75 Å². The van der Waals surface area contributed by atoms with Gasteiger partial charge < -0.3 is 5.32 Å². The highest BCUT2D eigenvalue weighted by molar-refractivity contribution is 7.88. The molecule has 0 amide bonds. The van der Waals surface area contributed by atoms with Crippen LogP contribution in [-0.4, -0.2) is 28.1 Å². The van der Waals surface area contributed by atoms with Gasteiger partial charge in [-0.1, -0.05) is 12.1 Å². The van der Waals surface area contributed by atoms with Crippen molar-refractivity contribution in [1.82, 2.24) is 10.0 Å². The van der Waals surface area contributed by atoms with E-state index in [9.17, 15) is 12.8 Å². The molecule has 0 saturated carbocycles. The predicted molar refractivity (Wildman–Crippen MR) is 75.3 cm³/mol. The van der Waals surface area contributed by atoms with Crippen molar-refractivity contribution in [2.24, 2.45) is 5.92 Å². The summed E-state index contributed by atoms with van der Waals surface area (Å²) in [7, 11) is -3.34. The maximum atomic E-state index is 12.7. The highest BCUT2D eigenvalue weighted by atomic mass is 35.5. The van der Waals surface area contributed by atoms with Gasteiger partial charge in [0.15, 0.2) is 0 Å². The standard InChI is InChI=1S/C12H17FN2O2S.ClH/c13-12-3-1-10(2-4-12)9-18(16,17)15-8-11-5-6-14-7-11;/h1-4,11,14-15H,5-9H2;1H. The fourth-order valence-electron chi connectivity index (χ4n) is 1.98. The van der Waals surface area contributed by atoms with Crippen molar-refractivity contribution in [2.45, 2.75) is 12.2 Å². The van der Waals surface area contributed by atoms with Crippen molar-refractivity contribution in [3.63, 3.8) is 0 Å². The molecule has 4 nitrogen and oxygen atoms in total. The second-order valence-corrected chi connectivity index (χ2v) is 6.40. The topological polar surface area (TPSA) is 58.2 Å². The molecule has 1 aliphatic rings. The normalized spacial score (nSPS) is 19.1. The summed E-state index contributed by atoms with van der Waals surface area (Å²) in [5.74, 6) is -0.0953. The first kappa shape index (κ1) is 16.4. The molecule has 108 valence electrons. The Morgan fingerprint density at radius 1 is 1.32 bits per heavy atom. The van der Waals surface area contributed by atoms with E-state index < -0.39 is 10.0 Å². The van der Waals surface area contributed by atoms with E-state index >= 15 is 0 Å². The van der Waals surface area contributed by atoms with Crippen LogP contribution in [0.3, 0.4) is 0 Å². The molecule has 0 aromatic heterocycles. The Morgan fingerprint density at radius 3 is 2.58 bits per heavy atom. The molecule has 2 rings (SSSR count). The average molecular weight is 309 g/mol. The molecule has 1 unspecified atom stereocenters. The summed E-state index contributed by atoms with van der Waals surface area (Å²) in [4.78, 5) is 0. The van der Waals surface area contributed by atoms with Crippen LogP contribution in [0, 0.1) is 11.7 Å². The third-order valence-corrected chi connectivity index (χ3v) is 4.34. The van der Waals surface area contributed by atoms with Crippen molar-refractivity contribution in [3.8, 4) is 0 Å². The number of benzene rings is 1. The summed E-state index contributed by atoms with van der Waals surface area (Å²) in [5, 5.41) is 3.19. The van der Waals surface area contributed by atoms with Crippen LogP contribution < -0.4 is 10.0 Å². The number of sulfonamides is 1. The molecule has 1 heterocycles. The quantitative estimate of drug-likeness (QED) is 0.861. The number of rotatable bonds is 5. The first-order chi connectivity index (χ1) is 8.55. The lowest BCUT2D eigenvalue weighted by Crippen LogP contribution is -2.31. The van der Waals surface area contributed by atoms with E-state index in [1.807, 2.05) is 0 Å². The number of hydrogen-bond donors (Lipinski definition) is 2. The molecule has 2 N–H and O–H groups in total. The maximum Gasteiger partial charge on any atom is 0.215 e. The molecular formula is C12H18ClFN2O2S. The third kappa shape index (κ3) is 5.44. The summed E-state index contributed by atoms with van der Waals surface area (Å²) >= 11 is 0. The Bertz CT molecular complexity index is 487. The smallest absolute Gasteiger partial charge is 0.215 e. The third-order valence-electron chi connectivity index (χ3n) is 3.02. The van der Waals surface area contributed by atoms with Gasteiger partial charge in [0.1, 0.15) is 5.82 Å². The van der Waals surface area contributed by atoms with Crippen molar-refractivity contribution in [1.29, 1.82) is 0 Å². The minimum atomic E-state index is -3.34. The van der Waals surface area contributed by atoms with Gasteiger partial charge in [-0.3, -0.25) is 0 Å². The Morgan fingerprint density at radius 2 is 2.00 bits per heavy atom. The Labute approximate surface area is 119 Å². The van der Waals surface area contributed by atoms with E-state index in [2.05, 4.69) is 10.0 Å². The first-order valence-electron chi connectivity index (χ1n) is 5.98. The fraction of sp³-hybridized carbons (Fsp3) is 0.500. The molecule has 1 aromatic carbocycles. The summed E-state index contributed by atoms with van der Waals surface area (Å²) in [5.41, 5.74) is 0.591. The molecule has 0 radical (unpaired) electrons. The summed E-state index contributed by atoms with van der Waals surface area (Å²) in [6, 6.07) is 5.52. The lowest BCUT2D eigenvalue weighted by Gasteiger charge is -2.10. The van der Waals surface area contributed by atoms with Gasteiger partial charge in [-0.15, -0.1) is 12.4 Å². The summed E-state index contributed by atoms with van der Waals surface area (Å²) in [6.07, 6.45) is 0.999. The molecule has 0 bridgehead atoms. The van der Waals surface area contributed by atoms with E-state index in [4.69, 9.17) is 0 Å². The van der Waals surface area contributed by atoms with Crippen LogP contribution in [0.4, 0.5) is 4.39 Å². The Balaban J connectivity index is 0.00000180. The highest BCUT2D eigenvalue weighted by Gasteiger charge is 2.18. The lowest BCUT2D eigenvalue weighted by atomic mass is 10.1. The van der Waals surface area contributed by atoms with Crippen LogP contribution in [0.25, 0.3) is 0 Å². The second-order valence-electron chi connectivity index (χ2n) is 4.59. The van der Waals surface area contributed by atoms with Gasteiger partial charge in [-0.2, -0.15) is 0 Å². The zero-order chi connectivity index (χ0) is 13.0. The maximum absolute atomic E-state index is 12.7. The second kappa shape index (κ2) is 7.19. The molecule has 1 aliphatic heterocycles. The highest BCUT2D eigenvalue weighted by Crippen LogP contribution is 2.09. The van der Waals surface area contributed by atoms with Crippen LogP contribution in [0.5, 0.6) is 0 Å². The van der Waals surface area contributed by atoms with Crippen LogP contribution in [0.2, 0.25) is 0 Å². The molecule has 1 saturated heterocycles. The minimum absolute atomic E-state index is 0. The Hall–Kier alpha value is -0.690. The van der Waals surface area contributed by atoms with E-state index in [-0.39, 0.29) is 24.0 Å². The van der Waals surface area contributed by atoms with Gasteiger partial charge >= 0.3 is 0 Å². The first-order valence-corrected chi connectivity index (χ1v) is 7.63. The van der Waals surface area contributed by atoms with Crippen LogP contribution in [0.15, 0.2) is 24.3 Å². The van der Waals surface area contributed by atoms with E-state index in [0.717, 1.165) is 19.5 Å². The van der Waals surface area contributed by atoms with Crippen molar-refractivity contribution in [2.75, 3.05) is 19.6 Å². The van der Waals surface area contributed by atoms with Crippen LogP contribution in [-0.2, 0) is 15.8 Å². The largest absolute Gasteiger partial charge is 0.316 e. The van der Waals surface area contributed by atoms with Gasteiger partial charge in [-0.05, 0) is 43.1 Å². The van der Waals surface area contributed by atoms with Crippen molar-refractivity contribution >= 4 is 22.4 Å². The fourth-order valence-corrected chi connectivity index (χ4v) is 3.21. The van der Waals surface area contributed by atoms with Gasteiger partial charge in [0, 0.05) is 6.54 Å². The monoisotopic (exact) mass is 308 g/mol. The molecule has 0 aliphatic carbocycles. The Kier molecular flexibility index (Phi) is 6.19. The van der Waals surface area contributed by atoms with Crippen LogP contribution in [0.1, 0.15) is 12.0 Å². The zero-order valence-corrected chi connectivity index (χ0v) is 12.1. The average Bonchev–Trinajstić information content (AvgIpc) is 2.83. The molecule has 1 aromatic rings. The molecule has 1 fully saturated rings. The molecule has 0 spiro atoms. The minimum Gasteiger partial charge on any atom is -0.316 e. The van der Waals surface area contributed by atoms with Crippen molar-refractivity contribution < 1.29 is 12.8 Å². The van der Waals surface area contributed by atoms with E-state index in [0.29, 0.717) is 18.0 Å². The summed E-state index contributed by atoms with van der Waals surface area (Å²) in [6.45, 7) is 2.28.